The van der Waals surface area contributed by atoms with Crippen molar-refractivity contribution < 1.29 is 13.6 Å². The van der Waals surface area contributed by atoms with Crippen LogP contribution in [-0.4, -0.2) is 12.6 Å². The number of pyridine rings is 1. The molecule has 2 unspecified atom stereocenters. The Labute approximate surface area is 360 Å². The molecule has 9 aromatic rings. The molecule has 2 aliphatic heterocycles. The summed E-state index contributed by atoms with van der Waals surface area (Å²) in [5.74, 6) is 1.43. The Morgan fingerprint density at radius 1 is 0.705 bits per heavy atom. The molecule has 0 N–H and O–H groups in total. The second kappa shape index (κ2) is 13.9. The van der Waals surface area contributed by atoms with Crippen molar-refractivity contribution in [2.45, 2.75) is 79.2 Å². The van der Waals surface area contributed by atoms with E-state index in [-0.39, 0.29) is 12.0 Å². The van der Waals surface area contributed by atoms with Crippen molar-refractivity contribution in [1.29, 1.82) is 0 Å². The molecule has 2 aliphatic rings. The summed E-state index contributed by atoms with van der Waals surface area (Å²) >= 11 is 0. The number of hydrogen-bond donors (Lipinski definition) is 0. The third kappa shape index (κ3) is 5.84. The quantitative estimate of drug-likeness (QED) is 0.0987. The molecule has 0 fully saturated rings. The van der Waals surface area contributed by atoms with E-state index in [9.17, 15) is 0 Å². The number of benzene rings is 6. The molecular formula is C56H53N3OSi+2. The third-order valence-electron chi connectivity index (χ3n) is 13.7. The Hall–Kier alpha value is -6.30. The Morgan fingerprint density at radius 2 is 1.44 bits per heavy atom. The topological polar surface area (TPSA) is 25.8 Å². The van der Waals surface area contributed by atoms with Gasteiger partial charge in [-0.15, -0.1) is 0 Å². The van der Waals surface area contributed by atoms with Crippen LogP contribution in [0, 0.1) is 27.7 Å². The zero-order valence-electron chi connectivity index (χ0n) is 36.6. The molecule has 6 aromatic carbocycles. The maximum atomic E-state index is 6.99. The maximum absolute atomic E-state index is 6.99. The number of para-hydroxylation sites is 3. The van der Waals surface area contributed by atoms with Crippen LogP contribution < -0.4 is 14.3 Å². The zero-order chi connectivity index (χ0) is 41.9. The number of furan rings is 1. The highest BCUT2D eigenvalue weighted by Gasteiger charge is 2.44. The van der Waals surface area contributed by atoms with Crippen LogP contribution in [0.15, 0.2) is 150 Å². The number of hydrogen-bond acceptors (Lipinski definition) is 1. The summed E-state index contributed by atoms with van der Waals surface area (Å²) in [6, 6.07) is 47.5. The van der Waals surface area contributed by atoms with Gasteiger partial charge in [-0.2, -0.15) is 9.13 Å². The number of fused-ring (bicyclic) bond motifs is 12. The van der Waals surface area contributed by atoms with Crippen molar-refractivity contribution in [2.24, 2.45) is 0 Å². The van der Waals surface area contributed by atoms with Gasteiger partial charge in [-0.3, -0.25) is 0 Å². The van der Waals surface area contributed by atoms with E-state index in [1.165, 1.54) is 94.6 Å². The molecule has 2 atom stereocenters. The van der Waals surface area contributed by atoms with Crippen LogP contribution in [0.1, 0.15) is 52.3 Å². The van der Waals surface area contributed by atoms with Crippen LogP contribution in [0.25, 0.3) is 72.4 Å². The second-order valence-corrected chi connectivity index (χ2v) is 23.9. The molecule has 61 heavy (non-hydrogen) atoms. The number of aryl methyl sites for hydroxylation is 4. The standard InChI is InChI=1S/C56H53N3OSi/c1-34-22-26-43-46(28-34)38(5)54(57-33-51(61(6,7)8)35(2)31-49(43)57)41-24-23-40-25-27-45-44-18-12-15-21-50(44)60-55(45)52(40)56-58(32-41)47-19-13-14-20-48(47)59(56)53-36(3)29-42(30-37(53)4)39-16-10-9-11-17-39/h9-22,24-31,33,38,54H,23,32H2,1-8H3/q+2/b41-24+. The highest BCUT2D eigenvalue weighted by atomic mass is 28.3. The minimum atomic E-state index is -1.67. The number of nitrogens with zero attached hydrogens (tertiary/aromatic N) is 3. The number of allylic oxidation sites excluding steroid dienone is 2. The van der Waals surface area contributed by atoms with Gasteiger partial charge in [0.15, 0.2) is 28.9 Å². The van der Waals surface area contributed by atoms with Gasteiger partial charge in [0.25, 0.3) is 5.82 Å². The van der Waals surface area contributed by atoms with Crippen LogP contribution in [0.3, 0.4) is 0 Å². The van der Waals surface area contributed by atoms with E-state index in [4.69, 9.17) is 4.42 Å². The fraction of sp³-hybridized carbons (Fsp3) is 0.214. The van der Waals surface area contributed by atoms with Gasteiger partial charge >= 0.3 is 0 Å². The fourth-order valence-corrected chi connectivity index (χ4v) is 12.8. The van der Waals surface area contributed by atoms with Crippen molar-refractivity contribution in [3.63, 3.8) is 0 Å². The van der Waals surface area contributed by atoms with Crippen LogP contribution >= 0.6 is 0 Å². The molecule has 0 saturated carbocycles. The normalized spacial score (nSPS) is 17.0. The molecule has 4 nitrogen and oxygen atoms in total. The van der Waals surface area contributed by atoms with Crippen molar-refractivity contribution in [3.8, 4) is 39.5 Å². The van der Waals surface area contributed by atoms with Crippen molar-refractivity contribution in [1.82, 2.24) is 4.57 Å². The summed E-state index contributed by atoms with van der Waals surface area (Å²) in [6.07, 6.45) is 5.94. The van der Waals surface area contributed by atoms with Gasteiger partial charge in [-0.25, -0.2) is 4.57 Å². The van der Waals surface area contributed by atoms with Crippen molar-refractivity contribution >= 4 is 46.2 Å². The minimum absolute atomic E-state index is 0.132. The summed E-state index contributed by atoms with van der Waals surface area (Å²) in [7, 11) is -1.67. The van der Waals surface area contributed by atoms with E-state index in [0.717, 1.165) is 34.9 Å². The average Bonchev–Trinajstić information content (AvgIpc) is 3.76. The first-order valence-corrected chi connectivity index (χ1v) is 25.5. The lowest BCUT2D eigenvalue weighted by atomic mass is 9.79. The van der Waals surface area contributed by atoms with Crippen LogP contribution in [0.5, 0.6) is 0 Å². The van der Waals surface area contributed by atoms with E-state index in [1.54, 1.807) is 0 Å². The predicted molar refractivity (Wildman–Crippen MR) is 255 cm³/mol. The molecular weight excluding hydrogens is 759 g/mol. The third-order valence-corrected chi connectivity index (χ3v) is 15.9. The fourth-order valence-electron chi connectivity index (χ4n) is 11.0. The molecule has 11 rings (SSSR count). The molecule has 300 valence electrons. The van der Waals surface area contributed by atoms with Crippen LogP contribution in [-0.2, 0) is 13.0 Å². The molecule has 0 amide bonds. The van der Waals surface area contributed by atoms with Crippen LogP contribution in [0.4, 0.5) is 0 Å². The van der Waals surface area contributed by atoms with E-state index in [2.05, 4.69) is 208 Å². The molecule has 0 bridgehead atoms. The summed E-state index contributed by atoms with van der Waals surface area (Å²) in [6.45, 7) is 19.8. The molecule has 0 spiro atoms. The SMILES string of the molecule is Cc1ccc2c(c1)C(C)C(/C1=C/Cc3ccc4c(oc5ccccc54)c3-c3n(-c4c(C)cc(-c5ccccc5)cc4C)c4ccccc4[n+]3C1)[n+]1cc([Si](C)(C)C)c(C)cc1-2. The first kappa shape index (κ1) is 37.7. The van der Waals surface area contributed by atoms with Gasteiger partial charge in [0, 0.05) is 39.1 Å². The minimum Gasteiger partial charge on any atom is -0.455 e. The monoisotopic (exact) mass is 811 g/mol. The summed E-state index contributed by atoms with van der Waals surface area (Å²) in [5, 5.41) is 3.84. The molecule has 5 heteroatoms. The molecule has 0 radical (unpaired) electrons. The Bertz CT molecular complexity index is 3280. The van der Waals surface area contributed by atoms with Gasteiger partial charge in [0.1, 0.15) is 23.4 Å². The Kier molecular flexibility index (Phi) is 8.57. The second-order valence-electron chi connectivity index (χ2n) is 18.9. The van der Waals surface area contributed by atoms with Gasteiger partial charge in [0.05, 0.1) is 8.07 Å². The maximum Gasteiger partial charge on any atom is 0.299 e. The molecule has 0 saturated heterocycles. The Morgan fingerprint density at radius 3 is 2.23 bits per heavy atom. The molecule has 0 aliphatic carbocycles. The lowest BCUT2D eigenvalue weighted by Gasteiger charge is -2.32. The Balaban J connectivity index is 1.22. The van der Waals surface area contributed by atoms with Gasteiger partial charge < -0.3 is 4.42 Å². The van der Waals surface area contributed by atoms with E-state index in [0.29, 0.717) is 0 Å². The van der Waals surface area contributed by atoms with Crippen LogP contribution in [0.2, 0.25) is 19.6 Å². The molecule has 3 aromatic heterocycles. The first-order valence-electron chi connectivity index (χ1n) is 22.0. The van der Waals surface area contributed by atoms with Crippen molar-refractivity contribution in [2.75, 3.05) is 0 Å². The molecule has 5 heterocycles. The average molecular weight is 812 g/mol. The van der Waals surface area contributed by atoms with E-state index < -0.39 is 8.07 Å². The lowest BCUT2D eigenvalue weighted by Crippen LogP contribution is -2.55. The lowest BCUT2D eigenvalue weighted by molar-refractivity contribution is -0.717. The van der Waals surface area contributed by atoms with E-state index >= 15 is 0 Å². The van der Waals surface area contributed by atoms with Gasteiger partial charge in [-0.05, 0) is 109 Å². The largest absolute Gasteiger partial charge is 0.455 e. The van der Waals surface area contributed by atoms with Gasteiger partial charge in [0.2, 0.25) is 5.69 Å². The smallest absolute Gasteiger partial charge is 0.299 e. The highest BCUT2D eigenvalue weighted by molar-refractivity contribution is 6.88. The summed E-state index contributed by atoms with van der Waals surface area (Å²) in [5.41, 5.74) is 21.2. The predicted octanol–water partition coefficient (Wildman–Crippen LogP) is 12.7. The zero-order valence-corrected chi connectivity index (χ0v) is 37.6. The summed E-state index contributed by atoms with van der Waals surface area (Å²) < 4.78 is 14.9. The number of aromatic nitrogens is 3. The number of imidazole rings is 1. The van der Waals surface area contributed by atoms with Gasteiger partial charge in [-0.1, -0.05) is 123 Å². The van der Waals surface area contributed by atoms with Crippen molar-refractivity contribution in [3.05, 3.63) is 179 Å². The van der Waals surface area contributed by atoms with E-state index in [1.807, 2.05) is 0 Å². The number of rotatable bonds is 4. The summed E-state index contributed by atoms with van der Waals surface area (Å²) in [4.78, 5) is 0. The highest BCUT2D eigenvalue weighted by Crippen LogP contribution is 2.45. The first-order chi connectivity index (χ1) is 29.5.